The lowest BCUT2D eigenvalue weighted by Gasteiger charge is -2.09. The van der Waals surface area contributed by atoms with Gasteiger partial charge in [0.15, 0.2) is 5.82 Å². The fraction of sp³-hybridized carbons (Fsp3) is 0.333. The summed E-state index contributed by atoms with van der Waals surface area (Å²) in [5, 5.41) is 8.04. The van der Waals surface area contributed by atoms with Crippen LogP contribution in [0.3, 0.4) is 0 Å². The highest BCUT2D eigenvalue weighted by Gasteiger charge is 2.34. The lowest BCUT2D eigenvalue weighted by Crippen LogP contribution is -2.06. The van der Waals surface area contributed by atoms with Crippen molar-refractivity contribution in [1.29, 1.82) is 0 Å². The van der Waals surface area contributed by atoms with Gasteiger partial charge in [0, 0.05) is 22.3 Å². The third kappa shape index (κ3) is 2.32. The van der Waals surface area contributed by atoms with Gasteiger partial charge in [0.05, 0.1) is 5.02 Å². The Balaban J connectivity index is 2.25. The largest absolute Gasteiger partial charge is 0.296 e. The van der Waals surface area contributed by atoms with Crippen molar-refractivity contribution < 1.29 is 8.42 Å². The van der Waals surface area contributed by atoms with E-state index in [4.69, 9.17) is 22.3 Å². The number of rotatable bonds is 3. The zero-order valence-corrected chi connectivity index (χ0v) is 12.9. The van der Waals surface area contributed by atoms with Gasteiger partial charge in [-0.15, -0.1) is 10.2 Å². The smallest absolute Gasteiger partial charge is 0.294 e. The zero-order chi connectivity index (χ0) is 14.5. The minimum absolute atomic E-state index is 0.0695. The van der Waals surface area contributed by atoms with Crippen LogP contribution in [0.4, 0.5) is 0 Å². The van der Waals surface area contributed by atoms with Gasteiger partial charge in [-0.25, -0.2) is 8.42 Å². The van der Waals surface area contributed by atoms with Gasteiger partial charge >= 0.3 is 0 Å². The van der Waals surface area contributed by atoms with Gasteiger partial charge < -0.3 is 0 Å². The van der Waals surface area contributed by atoms with Crippen LogP contribution in [0, 0.1) is 6.92 Å². The molecule has 0 atom stereocenters. The molecule has 20 heavy (non-hydrogen) atoms. The van der Waals surface area contributed by atoms with E-state index in [1.165, 1.54) is 0 Å². The molecule has 1 aliphatic rings. The van der Waals surface area contributed by atoms with Crippen molar-refractivity contribution in [2.24, 2.45) is 0 Å². The van der Waals surface area contributed by atoms with Gasteiger partial charge in [-0.1, -0.05) is 23.7 Å². The second kappa shape index (κ2) is 4.72. The summed E-state index contributed by atoms with van der Waals surface area (Å²) in [4.78, 5) is 0. The van der Waals surface area contributed by atoms with Crippen LogP contribution in [-0.4, -0.2) is 23.2 Å². The molecule has 8 heteroatoms. The fourth-order valence-corrected chi connectivity index (χ4v) is 3.24. The maximum Gasteiger partial charge on any atom is 0.296 e. The quantitative estimate of drug-likeness (QED) is 0.810. The van der Waals surface area contributed by atoms with E-state index in [9.17, 15) is 8.42 Å². The van der Waals surface area contributed by atoms with Crippen molar-refractivity contribution in [3.63, 3.8) is 0 Å². The summed E-state index contributed by atoms with van der Waals surface area (Å²) in [7, 11) is 1.49. The van der Waals surface area contributed by atoms with E-state index in [2.05, 4.69) is 10.2 Å². The first-order valence-electron chi connectivity index (χ1n) is 6.04. The summed E-state index contributed by atoms with van der Waals surface area (Å²) in [5.74, 6) is 0.445. The molecule has 2 aromatic rings. The molecule has 1 fully saturated rings. The number of aromatic nitrogens is 3. The summed E-state index contributed by atoms with van der Waals surface area (Å²) in [5.41, 5.74) is 1.56. The van der Waals surface area contributed by atoms with Crippen LogP contribution in [0.25, 0.3) is 11.4 Å². The SMILES string of the molecule is Cc1cccc(-c2nnc(S(=O)(=O)Cl)n2C2CC2)c1Cl. The Bertz CT molecular complexity index is 782. The highest BCUT2D eigenvalue weighted by Crippen LogP contribution is 2.41. The number of hydrogen-bond donors (Lipinski definition) is 0. The molecule has 0 radical (unpaired) electrons. The van der Waals surface area contributed by atoms with Crippen LogP contribution in [0.2, 0.25) is 5.02 Å². The summed E-state index contributed by atoms with van der Waals surface area (Å²) < 4.78 is 24.8. The number of hydrogen-bond acceptors (Lipinski definition) is 4. The highest BCUT2D eigenvalue weighted by atomic mass is 35.7. The number of nitrogens with zero attached hydrogens (tertiary/aromatic N) is 3. The van der Waals surface area contributed by atoms with Crippen LogP contribution >= 0.6 is 22.3 Å². The van der Waals surface area contributed by atoms with Gasteiger partial charge in [0.2, 0.25) is 0 Å². The van der Waals surface area contributed by atoms with Crippen LogP contribution in [-0.2, 0) is 9.05 Å². The minimum Gasteiger partial charge on any atom is -0.294 e. The van der Waals surface area contributed by atoms with Gasteiger partial charge in [-0.05, 0) is 31.4 Å². The fourth-order valence-electron chi connectivity index (χ4n) is 2.11. The molecule has 1 aromatic carbocycles. The summed E-state index contributed by atoms with van der Waals surface area (Å²) in [6.45, 7) is 1.88. The van der Waals surface area contributed by atoms with E-state index in [0.717, 1.165) is 18.4 Å². The summed E-state index contributed by atoms with van der Waals surface area (Å²) >= 11 is 6.28. The first-order chi connectivity index (χ1) is 9.39. The molecular formula is C12H11Cl2N3O2S. The van der Waals surface area contributed by atoms with Crippen LogP contribution in [0.1, 0.15) is 24.4 Å². The van der Waals surface area contributed by atoms with E-state index >= 15 is 0 Å². The molecule has 0 amide bonds. The molecule has 0 N–H and O–H groups in total. The third-order valence-corrected chi connectivity index (χ3v) is 4.86. The van der Waals surface area contributed by atoms with Gasteiger partial charge in [0.25, 0.3) is 14.2 Å². The van der Waals surface area contributed by atoms with Crippen molar-refractivity contribution in [2.75, 3.05) is 0 Å². The lowest BCUT2D eigenvalue weighted by atomic mass is 10.1. The zero-order valence-electron chi connectivity index (χ0n) is 10.5. The van der Waals surface area contributed by atoms with Crippen LogP contribution < -0.4 is 0 Å². The number of halogens is 2. The van der Waals surface area contributed by atoms with Gasteiger partial charge in [-0.2, -0.15) is 0 Å². The third-order valence-electron chi connectivity index (χ3n) is 3.23. The predicted octanol–water partition coefficient (Wildman–Crippen LogP) is 3.17. The number of aryl methyl sites for hydroxylation is 1. The molecule has 106 valence electrons. The second-order valence-corrected chi connectivity index (χ2v) is 7.62. The molecule has 5 nitrogen and oxygen atoms in total. The monoisotopic (exact) mass is 331 g/mol. The molecule has 1 saturated carbocycles. The Hall–Kier alpha value is -1.11. The Kier molecular flexibility index (Phi) is 3.27. The molecule has 1 heterocycles. The number of benzene rings is 1. The lowest BCUT2D eigenvalue weighted by molar-refractivity contribution is 0.579. The average Bonchev–Trinajstić information content (AvgIpc) is 3.10. The van der Waals surface area contributed by atoms with E-state index in [0.29, 0.717) is 16.4 Å². The van der Waals surface area contributed by atoms with E-state index in [1.807, 2.05) is 19.1 Å². The van der Waals surface area contributed by atoms with Crippen molar-refractivity contribution in [3.8, 4) is 11.4 Å². The molecule has 0 bridgehead atoms. The van der Waals surface area contributed by atoms with Gasteiger partial charge in [0.1, 0.15) is 0 Å². The Labute approximate surface area is 126 Å². The molecule has 0 aliphatic heterocycles. The molecule has 1 aromatic heterocycles. The van der Waals surface area contributed by atoms with Crippen molar-refractivity contribution in [2.45, 2.75) is 31.0 Å². The first kappa shape index (κ1) is 13.9. The van der Waals surface area contributed by atoms with Crippen molar-refractivity contribution in [1.82, 2.24) is 14.8 Å². The predicted molar refractivity (Wildman–Crippen MR) is 76.5 cm³/mol. The molecule has 0 unspecified atom stereocenters. The van der Waals surface area contributed by atoms with E-state index in [1.54, 1.807) is 10.6 Å². The van der Waals surface area contributed by atoms with Crippen molar-refractivity contribution >= 4 is 31.3 Å². The topological polar surface area (TPSA) is 64.8 Å². The van der Waals surface area contributed by atoms with E-state index in [-0.39, 0.29) is 11.2 Å². The molecule has 1 aliphatic carbocycles. The maximum absolute atomic E-state index is 11.6. The first-order valence-corrected chi connectivity index (χ1v) is 8.73. The average molecular weight is 332 g/mol. The van der Waals surface area contributed by atoms with Crippen molar-refractivity contribution in [3.05, 3.63) is 28.8 Å². The molecule has 3 rings (SSSR count). The van der Waals surface area contributed by atoms with Crippen LogP contribution in [0.5, 0.6) is 0 Å². The maximum atomic E-state index is 11.6. The standard InChI is InChI=1S/C12H11Cl2N3O2S/c1-7-3-2-4-9(10(7)13)11-15-16-12(20(14,18)19)17(11)8-5-6-8/h2-4,8H,5-6H2,1H3. The Morgan fingerprint density at radius 1 is 1.30 bits per heavy atom. The highest BCUT2D eigenvalue weighted by molar-refractivity contribution is 8.13. The molecule has 0 saturated heterocycles. The van der Waals surface area contributed by atoms with Gasteiger partial charge in [-0.3, -0.25) is 4.57 Å². The molecular weight excluding hydrogens is 321 g/mol. The summed E-state index contributed by atoms with van der Waals surface area (Å²) in [6, 6.07) is 5.59. The Morgan fingerprint density at radius 2 is 2.00 bits per heavy atom. The Morgan fingerprint density at radius 3 is 2.60 bits per heavy atom. The normalized spacial score (nSPS) is 15.6. The summed E-state index contributed by atoms with van der Waals surface area (Å²) in [6.07, 6.45) is 1.77. The van der Waals surface area contributed by atoms with Crippen LogP contribution in [0.15, 0.2) is 23.4 Å². The van der Waals surface area contributed by atoms with E-state index < -0.39 is 9.05 Å². The minimum atomic E-state index is -3.93. The molecule has 0 spiro atoms. The second-order valence-electron chi connectivity index (χ2n) is 4.78.